The standard InChI is InChI=1S/C18H25ClN4O2/c19-15-4-1-2-5-16(15)23-13-14(12-17(23)24)18(25)21-6-3-9-22-10-7-20-8-11-22/h1-2,4-5,14,20H,3,6-13H2,(H,21,25). The predicted molar refractivity (Wildman–Crippen MR) is 98.8 cm³/mol. The molecule has 0 aliphatic carbocycles. The molecule has 2 N–H and O–H groups in total. The Hall–Kier alpha value is -1.63. The van der Waals surface area contributed by atoms with Gasteiger partial charge < -0.3 is 20.4 Å². The van der Waals surface area contributed by atoms with Crippen molar-refractivity contribution >= 4 is 29.1 Å². The lowest BCUT2D eigenvalue weighted by molar-refractivity contribution is -0.126. The van der Waals surface area contributed by atoms with Crippen LogP contribution in [-0.4, -0.2) is 62.5 Å². The molecule has 6 nitrogen and oxygen atoms in total. The summed E-state index contributed by atoms with van der Waals surface area (Å²) in [5.41, 5.74) is 0.683. The Kier molecular flexibility index (Phi) is 6.29. The van der Waals surface area contributed by atoms with E-state index in [1.54, 1.807) is 11.0 Å². The Morgan fingerprint density at radius 2 is 2.04 bits per heavy atom. The smallest absolute Gasteiger partial charge is 0.227 e. The van der Waals surface area contributed by atoms with Crippen LogP contribution in [0.1, 0.15) is 12.8 Å². The summed E-state index contributed by atoms with van der Waals surface area (Å²) in [5, 5.41) is 6.84. The van der Waals surface area contributed by atoms with Gasteiger partial charge in [0.25, 0.3) is 0 Å². The van der Waals surface area contributed by atoms with E-state index in [1.165, 1.54) is 0 Å². The van der Waals surface area contributed by atoms with Crippen LogP contribution >= 0.6 is 11.6 Å². The van der Waals surface area contributed by atoms with Gasteiger partial charge in [0.15, 0.2) is 0 Å². The number of carbonyl (C=O) groups excluding carboxylic acids is 2. The molecule has 2 heterocycles. The lowest BCUT2D eigenvalue weighted by Gasteiger charge is -2.27. The summed E-state index contributed by atoms with van der Waals surface area (Å²) in [6.45, 7) is 6.25. The number of halogens is 1. The van der Waals surface area contributed by atoms with Gasteiger partial charge in [-0.1, -0.05) is 23.7 Å². The number of nitrogens with zero attached hydrogens (tertiary/aromatic N) is 2. The molecule has 2 saturated heterocycles. The predicted octanol–water partition coefficient (Wildman–Crippen LogP) is 1.10. The number of piperazine rings is 1. The zero-order valence-electron chi connectivity index (χ0n) is 14.3. The molecule has 1 aromatic carbocycles. The number of amides is 2. The number of nitrogens with one attached hydrogen (secondary N) is 2. The number of hydrogen-bond acceptors (Lipinski definition) is 4. The highest BCUT2D eigenvalue weighted by atomic mass is 35.5. The van der Waals surface area contributed by atoms with E-state index in [4.69, 9.17) is 11.6 Å². The Labute approximate surface area is 153 Å². The van der Waals surface area contributed by atoms with E-state index in [2.05, 4.69) is 15.5 Å². The maximum Gasteiger partial charge on any atom is 0.227 e. The van der Waals surface area contributed by atoms with Crippen LogP contribution in [0.2, 0.25) is 5.02 Å². The molecule has 2 fully saturated rings. The zero-order chi connectivity index (χ0) is 17.6. The van der Waals surface area contributed by atoms with Crippen LogP contribution in [-0.2, 0) is 9.59 Å². The largest absolute Gasteiger partial charge is 0.356 e. The first-order valence-corrected chi connectivity index (χ1v) is 9.28. The number of benzene rings is 1. The minimum absolute atomic E-state index is 0.0387. The second-order valence-electron chi connectivity index (χ2n) is 6.59. The highest BCUT2D eigenvalue weighted by molar-refractivity contribution is 6.33. The van der Waals surface area contributed by atoms with Crippen molar-refractivity contribution < 1.29 is 9.59 Å². The van der Waals surface area contributed by atoms with Crippen LogP contribution in [0.25, 0.3) is 0 Å². The number of hydrogen-bond donors (Lipinski definition) is 2. The van der Waals surface area contributed by atoms with Gasteiger partial charge in [0, 0.05) is 45.7 Å². The molecule has 3 rings (SSSR count). The third kappa shape index (κ3) is 4.71. The molecule has 1 aromatic rings. The average Bonchev–Trinajstić information content (AvgIpc) is 3.01. The highest BCUT2D eigenvalue weighted by Crippen LogP contribution is 2.30. The third-order valence-corrected chi connectivity index (χ3v) is 5.12. The number of rotatable bonds is 6. The number of anilines is 1. The Balaban J connectivity index is 1.44. The molecule has 2 aliphatic heterocycles. The van der Waals surface area contributed by atoms with Gasteiger partial charge in [-0.2, -0.15) is 0 Å². The van der Waals surface area contributed by atoms with E-state index < -0.39 is 0 Å². The summed E-state index contributed by atoms with van der Waals surface area (Å²) in [7, 11) is 0. The van der Waals surface area contributed by atoms with Crippen molar-refractivity contribution in [2.75, 3.05) is 50.7 Å². The molecule has 0 saturated carbocycles. The molecule has 136 valence electrons. The van der Waals surface area contributed by atoms with Gasteiger partial charge >= 0.3 is 0 Å². The van der Waals surface area contributed by atoms with Crippen LogP contribution in [0.3, 0.4) is 0 Å². The van der Waals surface area contributed by atoms with E-state index in [9.17, 15) is 9.59 Å². The van der Waals surface area contributed by atoms with E-state index in [0.29, 0.717) is 23.8 Å². The van der Waals surface area contributed by atoms with Crippen molar-refractivity contribution in [3.63, 3.8) is 0 Å². The van der Waals surface area contributed by atoms with Crippen LogP contribution < -0.4 is 15.5 Å². The summed E-state index contributed by atoms with van der Waals surface area (Å²) in [6, 6.07) is 7.24. The monoisotopic (exact) mass is 364 g/mol. The molecular weight excluding hydrogens is 340 g/mol. The zero-order valence-corrected chi connectivity index (χ0v) is 15.1. The summed E-state index contributed by atoms with van der Waals surface area (Å²) < 4.78 is 0. The molecule has 0 bridgehead atoms. The third-order valence-electron chi connectivity index (χ3n) is 4.80. The number of carbonyl (C=O) groups is 2. The summed E-state index contributed by atoms with van der Waals surface area (Å²) in [4.78, 5) is 28.6. The quantitative estimate of drug-likeness (QED) is 0.742. The molecule has 0 spiro atoms. The maximum atomic E-state index is 12.4. The van der Waals surface area contributed by atoms with E-state index in [-0.39, 0.29) is 24.2 Å². The molecule has 0 radical (unpaired) electrons. The summed E-state index contributed by atoms with van der Waals surface area (Å²) in [5.74, 6) is -0.389. The fourth-order valence-corrected chi connectivity index (χ4v) is 3.62. The van der Waals surface area contributed by atoms with Gasteiger partial charge in [-0.25, -0.2) is 0 Å². The highest BCUT2D eigenvalue weighted by Gasteiger charge is 2.35. The summed E-state index contributed by atoms with van der Waals surface area (Å²) >= 11 is 6.17. The van der Waals surface area contributed by atoms with E-state index in [0.717, 1.165) is 39.1 Å². The van der Waals surface area contributed by atoms with Gasteiger partial charge in [0.2, 0.25) is 11.8 Å². The molecular formula is C18H25ClN4O2. The first kappa shape index (κ1) is 18.2. The van der Waals surface area contributed by atoms with Gasteiger partial charge in [-0.3, -0.25) is 9.59 Å². The van der Waals surface area contributed by atoms with Crippen molar-refractivity contribution in [1.29, 1.82) is 0 Å². The van der Waals surface area contributed by atoms with Crippen LogP contribution in [0.15, 0.2) is 24.3 Å². The summed E-state index contributed by atoms with van der Waals surface area (Å²) in [6.07, 6.45) is 1.18. The molecule has 0 aromatic heterocycles. The van der Waals surface area contributed by atoms with E-state index >= 15 is 0 Å². The van der Waals surface area contributed by atoms with Crippen molar-refractivity contribution in [2.45, 2.75) is 12.8 Å². The first-order valence-electron chi connectivity index (χ1n) is 8.91. The lowest BCUT2D eigenvalue weighted by atomic mass is 10.1. The average molecular weight is 365 g/mol. The van der Waals surface area contributed by atoms with Crippen LogP contribution in [0.5, 0.6) is 0 Å². The van der Waals surface area contributed by atoms with E-state index in [1.807, 2.05) is 18.2 Å². The van der Waals surface area contributed by atoms with Gasteiger partial charge in [-0.05, 0) is 25.1 Å². The molecule has 25 heavy (non-hydrogen) atoms. The Morgan fingerprint density at radius 3 is 2.80 bits per heavy atom. The molecule has 1 unspecified atom stereocenters. The van der Waals surface area contributed by atoms with Crippen molar-refractivity contribution in [3.05, 3.63) is 29.3 Å². The van der Waals surface area contributed by atoms with Gasteiger partial charge in [0.1, 0.15) is 0 Å². The first-order chi connectivity index (χ1) is 12.1. The molecule has 2 amide bonds. The minimum Gasteiger partial charge on any atom is -0.356 e. The number of para-hydroxylation sites is 1. The fraction of sp³-hybridized carbons (Fsp3) is 0.556. The van der Waals surface area contributed by atoms with Crippen molar-refractivity contribution in [1.82, 2.24) is 15.5 Å². The van der Waals surface area contributed by atoms with Crippen molar-refractivity contribution in [3.8, 4) is 0 Å². The second kappa shape index (κ2) is 8.65. The van der Waals surface area contributed by atoms with Crippen LogP contribution in [0.4, 0.5) is 5.69 Å². The SMILES string of the molecule is O=C(NCCCN1CCNCC1)C1CC(=O)N(c2ccccc2Cl)C1. The second-order valence-corrected chi connectivity index (χ2v) is 7.00. The molecule has 7 heteroatoms. The lowest BCUT2D eigenvalue weighted by Crippen LogP contribution is -2.44. The molecule has 1 atom stereocenters. The molecule has 2 aliphatic rings. The Morgan fingerprint density at radius 1 is 1.28 bits per heavy atom. The maximum absolute atomic E-state index is 12.4. The van der Waals surface area contributed by atoms with Crippen molar-refractivity contribution in [2.24, 2.45) is 5.92 Å². The fourth-order valence-electron chi connectivity index (χ4n) is 3.38. The topological polar surface area (TPSA) is 64.7 Å². The van der Waals surface area contributed by atoms with Gasteiger partial charge in [-0.15, -0.1) is 0 Å². The minimum atomic E-state index is -0.303. The van der Waals surface area contributed by atoms with Crippen LogP contribution in [0, 0.1) is 5.92 Å². The normalized spacial score (nSPS) is 21.6. The Bertz CT molecular complexity index is 619. The van der Waals surface area contributed by atoms with Gasteiger partial charge in [0.05, 0.1) is 16.6 Å².